The lowest BCUT2D eigenvalue weighted by Gasteiger charge is -2.25. The number of hydrogen-bond acceptors (Lipinski definition) is 3. The van der Waals surface area contributed by atoms with Crippen molar-refractivity contribution in [1.29, 1.82) is 0 Å². The van der Waals surface area contributed by atoms with Crippen LogP contribution >= 0.6 is 12.4 Å². The first-order valence-electron chi connectivity index (χ1n) is 5.85. The summed E-state index contributed by atoms with van der Waals surface area (Å²) in [6.07, 6.45) is 0.776. The molecule has 0 amide bonds. The van der Waals surface area contributed by atoms with E-state index in [4.69, 9.17) is 10.2 Å². The molecule has 104 valence electrons. The maximum atomic E-state index is 11.1. The van der Waals surface area contributed by atoms with E-state index in [0.717, 1.165) is 5.56 Å². The van der Waals surface area contributed by atoms with Crippen LogP contribution in [-0.2, 0) is 16.1 Å². The Kier molecular flexibility index (Phi) is 5.32. The van der Waals surface area contributed by atoms with Crippen molar-refractivity contribution in [1.82, 2.24) is 4.90 Å². The molecule has 1 saturated heterocycles. The summed E-state index contributed by atoms with van der Waals surface area (Å²) in [5.74, 6) is -1.90. The van der Waals surface area contributed by atoms with E-state index < -0.39 is 24.0 Å². The molecule has 6 heteroatoms. The van der Waals surface area contributed by atoms with E-state index in [1.807, 2.05) is 30.3 Å². The van der Waals surface area contributed by atoms with Crippen molar-refractivity contribution in [3.8, 4) is 0 Å². The molecule has 2 rings (SSSR count). The second-order valence-electron chi connectivity index (χ2n) is 4.44. The average molecular weight is 286 g/mol. The molecule has 19 heavy (non-hydrogen) atoms. The largest absolute Gasteiger partial charge is 0.480 e. The normalized spacial score (nSPS) is 22.7. The summed E-state index contributed by atoms with van der Waals surface area (Å²) >= 11 is 0. The fraction of sp³-hybridized carbons (Fsp3) is 0.385. The van der Waals surface area contributed by atoms with Crippen LogP contribution in [0.1, 0.15) is 18.4 Å². The molecule has 2 unspecified atom stereocenters. The van der Waals surface area contributed by atoms with Gasteiger partial charge in [-0.15, -0.1) is 12.4 Å². The van der Waals surface area contributed by atoms with Crippen LogP contribution < -0.4 is 0 Å². The van der Waals surface area contributed by atoms with Crippen molar-refractivity contribution in [2.75, 3.05) is 0 Å². The number of likely N-dealkylation sites (tertiary alicyclic amines) is 1. The first kappa shape index (κ1) is 15.5. The average Bonchev–Trinajstić information content (AvgIpc) is 2.74. The highest BCUT2D eigenvalue weighted by atomic mass is 35.5. The Morgan fingerprint density at radius 2 is 1.53 bits per heavy atom. The zero-order chi connectivity index (χ0) is 13.1. The van der Waals surface area contributed by atoms with E-state index in [9.17, 15) is 9.59 Å². The fourth-order valence-corrected chi connectivity index (χ4v) is 2.41. The molecule has 1 fully saturated rings. The summed E-state index contributed by atoms with van der Waals surface area (Å²) in [4.78, 5) is 23.8. The van der Waals surface area contributed by atoms with Crippen LogP contribution in [0.25, 0.3) is 0 Å². The number of rotatable bonds is 4. The molecular formula is C13H16ClNO4. The molecule has 5 nitrogen and oxygen atoms in total. The summed E-state index contributed by atoms with van der Waals surface area (Å²) in [5.41, 5.74) is 0.928. The van der Waals surface area contributed by atoms with Crippen molar-refractivity contribution in [2.45, 2.75) is 31.5 Å². The lowest BCUT2D eigenvalue weighted by Crippen LogP contribution is -2.43. The molecule has 1 heterocycles. The third-order valence-corrected chi connectivity index (χ3v) is 3.29. The summed E-state index contributed by atoms with van der Waals surface area (Å²) < 4.78 is 0. The van der Waals surface area contributed by atoms with Crippen molar-refractivity contribution >= 4 is 24.3 Å². The number of carboxylic acid groups (broad SMARTS) is 2. The monoisotopic (exact) mass is 285 g/mol. The van der Waals surface area contributed by atoms with E-state index in [1.54, 1.807) is 4.90 Å². The molecule has 1 aromatic rings. The van der Waals surface area contributed by atoms with Crippen LogP contribution in [-0.4, -0.2) is 39.1 Å². The second-order valence-corrected chi connectivity index (χ2v) is 4.44. The predicted octanol–water partition coefficient (Wildman–Crippen LogP) is 1.61. The standard InChI is InChI=1S/C13H15NO4.ClH/c15-12(16)10-6-7-11(13(17)18)14(10)8-9-4-2-1-3-5-9;/h1-5,10-11H,6-8H2,(H,15,16)(H,17,18);1H. The maximum absolute atomic E-state index is 11.1. The van der Waals surface area contributed by atoms with Crippen molar-refractivity contribution in [3.63, 3.8) is 0 Å². The Morgan fingerprint density at radius 3 is 1.95 bits per heavy atom. The van der Waals surface area contributed by atoms with Crippen molar-refractivity contribution < 1.29 is 19.8 Å². The fourth-order valence-electron chi connectivity index (χ4n) is 2.41. The van der Waals surface area contributed by atoms with E-state index in [-0.39, 0.29) is 12.4 Å². The molecule has 2 N–H and O–H groups in total. The van der Waals surface area contributed by atoms with Gasteiger partial charge >= 0.3 is 11.9 Å². The van der Waals surface area contributed by atoms with Crippen molar-refractivity contribution in [3.05, 3.63) is 35.9 Å². The first-order chi connectivity index (χ1) is 8.59. The Bertz CT molecular complexity index is 429. The van der Waals surface area contributed by atoms with Gasteiger partial charge in [0, 0.05) is 6.54 Å². The minimum absolute atomic E-state index is 0. The molecule has 0 aliphatic carbocycles. The molecule has 0 aromatic heterocycles. The summed E-state index contributed by atoms with van der Waals surface area (Å²) in [5, 5.41) is 18.3. The molecule has 0 spiro atoms. The third kappa shape index (κ3) is 3.45. The second kappa shape index (κ2) is 6.54. The number of nitrogens with zero attached hydrogens (tertiary/aromatic N) is 1. The Balaban J connectivity index is 0.00000180. The van der Waals surface area contributed by atoms with Gasteiger partial charge in [-0.25, -0.2) is 0 Å². The zero-order valence-corrected chi connectivity index (χ0v) is 11.0. The zero-order valence-electron chi connectivity index (χ0n) is 10.2. The Morgan fingerprint density at radius 1 is 1.05 bits per heavy atom. The summed E-state index contributed by atoms with van der Waals surface area (Å²) in [6.45, 7) is 0.356. The van der Waals surface area contributed by atoms with Gasteiger partial charge in [0.15, 0.2) is 0 Å². The smallest absolute Gasteiger partial charge is 0.320 e. The van der Waals surface area contributed by atoms with Crippen LogP contribution in [0.2, 0.25) is 0 Å². The predicted molar refractivity (Wildman–Crippen MR) is 71.3 cm³/mol. The molecule has 2 atom stereocenters. The van der Waals surface area contributed by atoms with Crippen LogP contribution in [0.15, 0.2) is 30.3 Å². The van der Waals surface area contributed by atoms with Gasteiger partial charge in [0.05, 0.1) is 0 Å². The molecule has 0 bridgehead atoms. The minimum Gasteiger partial charge on any atom is -0.480 e. The lowest BCUT2D eigenvalue weighted by atomic mass is 10.2. The topological polar surface area (TPSA) is 77.8 Å². The number of halogens is 1. The Labute approximate surface area is 117 Å². The molecule has 1 aliphatic heterocycles. The van der Waals surface area contributed by atoms with Gasteiger partial charge in [0.25, 0.3) is 0 Å². The van der Waals surface area contributed by atoms with Crippen LogP contribution in [0.3, 0.4) is 0 Å². The molecule has 1 aromatic carbocycles. The van der Waals surface area contributed by atoms with Crippen LogP contribution in [0.5, 0.6) is 0 Å². The number of benzene rings is 1. The van der Waals surface area contributed by atoms with E-state index in [0.29, 0.717) is 19.4 Å². The van der Waals surface area contributed by atoms with E-state index in [2.05, 4.69) is 0 Å². The highest BCUT2D eigenvalue weighted by Gasteiger charge is 2.41. The first-order valence-corrected chi connectivity index (χ1v) is 5.85. The Hall–Kier alpha value is -1.59. The number of carbonyl (C=O) groups is 2. The van der Waals surface area contributed by atoms with Gasteiger partial charge in [0.1, 0.15) is 12.1 Å². The molecule has 0 radical (unpaired) electrons. The minimum atomic E-state index is -0.949. The van der Waals surface area contributed by atoms with Gasteiger partial charge in [0.2, 0.25) is 0 Å². The van der Waals surface area contributed by atoms with Gasteiger partial charge in [-0.3, -0.25) is 14.5 Å². The van der Waals surface area contributed by atoms with Gasteiger partial charge in [-0.05, 0) is 18.4 Å². The third-order valence-electron chi connectivity index (χ3n) is 3.29. The van der Waals surface area contributed by atoms with Gasteiger partial charge < -0.3 is 10.2 Å². The summed E-state index contributed by atoms with van der Waals surface area (Å²) in [6, 6.07) is 7.93. The van der Waals surface area contributed by atoms with Crippen LogP contribution in [0.4, 0.5) is 0 Å². The van der Waals surface area contributed by atoms with Gasteiger partial charge in [-0.1, -0.05) is 30.3 Å². The number of aliphatic carboxylic acids is 2. The molecule has 1 aliphatic rings. The van der Waals surface area contributed by atoms with Crippen LogP contribution in [0, 0.1) is 0 Å². The number of carboxylic acids is 2. The highest BCUT2D eigenvalue weighted by molar-refractivity contribution is 5.85. The van der Waals surface area contributed by atoms with E-state index >= 15 is 0 Å². The lowest BCUT2D eigenvalue weighted by molar-refractivity contribution is -0.147. The quantitative estimate of drug-likeness (QED) is 0.879. The SMILES string of the molecule is Cl.O=C(O)C1CCC(C(=O)O)N1Cc1ccccc1. The summed E-state index contributed by atoms with van der Waals surface area (Å²) in [7, 11) is 0. The molecule has 0 saturated carbocycles. The number of hydrogen-bond donors (Lipinski definition) is 2. The van der Waals surface area contributed by atoms with E-state index in [1.165, 1.54) is 0 Å². The highest BCUT2D eigenvalue weighted by Crippen LogP contribution is 2.26. The van der Waals surface area contributed by atoms with Crippen molar-refractivity contribution in [2.24, 2.45) is 0 Å². The molecular weight excluding hydrogens is 270 g/mol. The van der Waals surface area contributed by atoms with Gasteiger partial charge in [-0.2, -0.15) is 0 Å². The maximum Gasteiger partial charge on any atom is 0.320 e.